The van der Waals surface area contributed by atoms with Crippen molar-refractivity contribution in [2.45, 2.75) is 19.9 Å². The summed E-state index contributed by atoms with van der Waals surface area (Å²) in [5.41, 5.74) is 2.36. The van der Waals surface area contributed by atoms with Crippen molar-refractivity contribution >= 4 is 11.5 Å². The molecule has 3 heteroatoms. The molecule has 94 valence electrons. The largest absolute Gasteiger partial charge is 0.378 e. The highest BCUT2D eigenvalue weighted by molar-refractivity contribution is 5.52. The van der Waals surface area contributed by atoms with Crippen molar-refractivity contribution in [1.82, 2.24) is 4.98 Å². The number of hydrogen-bond acceptors (Lipinski definition) is 3. The third-order valence-corrected chi connectivity index (χ3v) is 2.80. The van der Waals surface area contributed by atoms with Crippen LogP contribution in [0.2, 0.25) is 0 Å². The van der Waals surface area contributed by atoms with Crippen molar-refractivity contribution in [3.8, 4) is 0 Å². The van der Waals surface area contributed by atoms with E-state index in [1.54, 1.807) is 0 Å². The molecule has 2 rings (SSSR count). The Bertz CT molecular complexity index is 482. The summed E-state index contributed by atoms with van der Waals surface area (Å²) in [5.74, 6) is 0.905. The van der Waals surface area contributed by atoms with Gasteiger partial charge in [0.05, 0.1) is 0 Å². The summed E-state index contributed by atoms with van der Waals surface area (Å²) in [4.78, 5) is 4.26. The van der Waals surface area contributed by atoms with Crippen LogP contribution in [-0.2, 0) is 0 Å². The lowest BCUT2D eigenvalue weighted by Gasteiger charge is -2.16. The highest BCUT2D eigenvalue weighted by Gasteiger charge is 2.04. The minimum atomic E-state index is 0.281. The van der Waals surface area contributed by atoms with Gasteiger partial charge in [-0.15, -0.1) is 0 Å². The van der Waals surface area contributed by atoms with E-state index in [1.807, 2.05) is 24.4 Å². The summed E-state index contributed by atoms with van der Waals surface area (Å²) < 4.78 is 0. The second-order valence-electron chi connectivity index (χ2n) is 4.24. The van der Waals surface area contributed by atoms with Gasteiger partial charge in [-0.2, -0.15) is 0 Å². The Morgan fingerprint density at radius 3 is 2.67 bits per heavy atom. The third-order valence-electron chi connectivity index (χ3n) is 2.80. The maximum absolute atomic E-state index is 4.26. The summed E-state index contributed by atoms with van der Waals surface area (Å²) in [5, 5.41) is 6.69. The van der Waals surface area contributed by atoms with Gasteiger partial charge in [0.1, 0.15) is 5.82 Å². The predicted molar refractivity (Wildman–Crippen MR) is 76.9 cm³/mol. The van der Waals surface area contributed by atoms with Gasteiger partial charge in [0.2, 0.25) is 0 Å². The molecule has 0 aliphatic carbocycles. The van der Waals surface area contributed by atoms with Gasteiger partial charge < -0.3 is 10.6 Å². The third kappa shape index (κ3) is 3.23. The van der Waals surface area contributed by atoms with E-state index in [0.29, 0.717) is 0 Å². The average molecular weight is 241 g/mol. The zero-order valence-corrected chi connectivity index (χ0v) is 10.9. The first-order chi connectivity index (χ1) is 8.79. The van der Waals surface area contributed by atoms with Crippen LogP contribution in [0, 0.1) is 0 Å². The average Bonchev–Trinajstić information content (AvgIpc) is 2.40. The minimum Gasteiger partial charge on any atom is -0.378 e. The van der Waals surface area contributed by atoms with Crippen LogP contribution in [0.5, 0.6) is 0 Å². The predicted octanol–water partition coefficient (Wildman–Crippen LogP) is 3.69. The maximum Gasteiger partial charge on any atom is 0.127 e. The van der Waals surface area contributed by atoms with Gasteiger partial charge in [0, 0.05) is 30.5 Å². The van der Waals surface area contributed by atoms with E-state index in [4.69, 9.17) is 0 Å². The summed E-state index contributed by atoms with van der Waals surface area (Å²) in [6.07, 6.45) is 1.82. The van der Waals surface area contributed by atoms with Gasteiger partial charge in [0.15, 0.2) is 0 Å². The Hall–Kier alpha value is -2.03. The van der Waals surface area contributed by atoms with Crippen molar-refractivity contribution in [3.63, 3.8) is 0 Å². The number of anilines is 2. The van der Waals surface area contributed by atoms with Crippen LogP contribution in [0.1, 0.15) is 25.5 Å². The first-order valence-electron chi connectivity index (χ1n) is 6.31. The van der Waals surface area contributed by atoms with Crippen molar-refractivity contribution < 1.29 is 0 Å². The number of nitrogens with zero attached hydrogens (tertiary/aromatic N) is 1. The fourth-order valence-electron chi connectivity index (χ4n) is 1.87. The fourth-order valence-corrected chi connectivity index (χ4v) is 1.87. The van der Waals surface area contributed by atoms with Crippen LogP contribution in [0.4, 0.5) is 11.5 Å². The van der Waals surface area contributed by atoms with E-state index in [2.05, 4.69) is 53.7 Å². The lowest BCUT2D eigenvalue weighted by atomic mass is 10.1. The van der Waals surface area contributed by atoms with Crippen LogP contribution in [0.25, 0.3) is 0 Å². The monoisotopic (exact) mass is 241 g/mol. The lowest BCUT2D eigenvalue weighted by Crippen LogP contribution is -2.07. The molecular formula is C15H19N3. The van der Waals surface area contributed by atoms with Gasteiger partial charge in [-0.1, -0.05) is 30.3 Å². The molecule has 2 N–H and O–H groups in total. The molecule has 18 heavy (non-hydrogen) atoms. The van der Waals surface area contributed by atoms with E-state index in [0.717, 1.165) is 18.1 Å². The lowest BCUT2D eigenvalue weighted by molar-refractivity contribution is 0.884. The second kappa shape index (κ2) is 6.05. The topological polar surface area (TPSA) is 37.0 Å². The van der Waals surface area contributed by atoms with Crippen molar-refractivity contribution in [2.75, 3.05) is 17.2 Å². The first-order valence-corrected chi connectivity index (χ1v) is 6.31. The molecule has 1 atom stereocenters. The molecule has 0 aliphatic rings. The molecule has 1 aromatic carbocycles. The Morgan fingerprint density at radius 1 is 1.17 bits per heavy atom. The molecule has 3 nitrogen and oxygen atoms in total. The molecule has 0 aliphatic heterocycles. The van der Waals surface area contributed by atoms with Crippen LogP contribution in [0.15, 0.2) is 48.7 Å². The summed E-state index contributed by atoms with van der Waals surface area (Å²) >= 11 is 0. The Kier molecular flexibility index (Phi) is 4.18. The second-order valence-corrected chi connectivity index (χ2v) is 4.24. The molecule has 0 spiro atoms. The van der Waals surface area contributed by atoms with E-state index in [-0.39, 0.29) is 6.04 Å². The SMILES string of the molecule is CCNc1cc(NC(C)c2ccccc2)ccn1. The van der Waals surface area contributed by atoms with Crippen molar-refractivity contribution in [1.29, 1.82) is 0 Å². The van der Waals surface area contributed by atoms with Gasteiger partial charge in [-0.3, -0.25) is 0 Å². The van der Waals surface area contributed by atoms with Crippen LogP contribution < -0.4 is 10.6 Å². The van der Waals surface area contributed by atoms with Crippen LogP contribution >= 0.6 is 0 Å². The molecule has 1 aromatic heterocycles. The first kappa shape index (κ1) is 12.4. The van der Waals surface area contributed by atoms with Crippen molar-refractivity contribution in [3.05, 3.63) is 54.2 Å². The molecule has 0 amide bonds. The van der Waals surface area contributed by atoms with Crippen molar-refractivity contribution in [2.24, 2.45) is 0 Å². The number of hydrogen-bond donors (Lipinski definition) is 2. The number of benzene rings is 1. The van der Waals surface area contributed by atoms with E-state index < -0.39 is 0 Å². The Morgan fingerprint density at radius 2 is 1.94 bits per heavy atom. The number of nitrogens with one attached hydrogen (secondary N) is 2. The fraction of sp³-hybridized carbons (Fsp3) is 0.267. The van der Waals surface area contributed by atoms with Gasteiger partial charge >= 0.3 is 0 Å². The zero-order valence-electron chi connectivity index (χ0n) is 10.9. The van der Waals surface area contributed by atoms with E-state index in [9.17, 15) is 0 Å². The number of aromatic nitrogens is 1. The molecule has 0 fully saturated rings. The molecule has 0 bridgehead atoms. The number of rotatable bonds is 5. The standard InChI is InChI=1S/C15H19N3/c1-3-16-15-11-14(9-10-17-15)18-12(2)13-7-5-4-6-8-13/h4-12H,3H2,1-2H3,(H2,16,17,18). The molecular weight excluding hydrogens is 222 g/mol. The number of pyridine rings is 1. The van der Waals surface area contributed by atoms with E-state index in [1.165, 1.54) is 5.56 Å². The molecule has 0 saturated heterocycles. The van der Waals surface area contributed by atoms with Gasteiger partial charge in [-0.05, 0) is 25.5 Å². The maximum atomic E-state index is 4.26. The van der Waals surface area contributed by atoms with Crippen LogP contribution in [-0.4, -0.2) is 11.5 Å². The summed E-state index contributed by atoms with van der Waals surface area (Å²) in [6.45, 7) is 5.10. The molecule has 1 heterocycles. The molecule has 0 radical (unpaired) electrons. The quantitative estimate of drug-likeness (QED) is 0.838. The normalized spacial score (nSPS) is 11.9. The molecule has 1 unspecified atom stereocenters. The summed E-state index contributed by atoms with van der Waals surface area (Å²) in [7, 11) is 0. The highest BCUT2D eigenvalue weighted by Crippen LogP contribution is 2.20. The van der Waals surface area contributed by atoms with E-state index >= 15 is 0 Å². The minimum absolute atomic E-state index is 0.281. The Labute approximate surface area is 108 Å². The molecule has 0 saturated carbocycles. The highest BCUT2D eigenvalue weighted by atomic mass is 15.0. The van der Waals surface area contributed by atoms with Gasteiger partial charge in [-0.25, -0.2) is 4.98 Å². The summed E-state index contributed by atoms with van der Waals surface area (Å²) in [6, 6.07) is 14.7. The van der Waals surface area contributed by atoms with Crippen LogP contribution in [0.3, 0.4) is 0 Å². The Balaban J connectivity index is 2.07. The zero-order chi connectivity index (χ0) is 12.8. The molecule has 2 aromatic rings. The smallest absolute Gasteiger partial charge is 0.127 e. The van der Waals surface area contributed by atoms with Gasteiger partial charge in [0.25, 0.3) is 0 Å².